The molecule has 1 N–H and O–H groups in total. The van der Waals surface area contributed by atoms with Crippen LogP contribution in [0, 0.1) is 0 Å². The van der Waals surface area contributed by atoms with Gasteiger partial charge in [0.2, 0.25) is 5.91 Å². The van der Waals surface area contributed by atoms with E-state index in [1.165, 1.54) is 11.3 Å². The Morgan fingerprint density at radius 3 is 2.87 bits per heavy atom. The number of ketones is 1. The van der Waals surface area contributed by atoms with Gasteiger partial charge in [-0.2, -0.15) is 0 Å². The third-order valence-corrected chi connectivity index (χ3v) is 4.81. The largest absolute Gasteiger partial charge is 0.493 e. The van der Waals surface area contributed by atoms with Gasteiger partial charge in [0.15, 0.2) is 5.78 Å². The molecule has 0 spiro atoms. The van der Waals surface area contributed by atoms with Crippen molar-refractivity contribution in [2.75, 3.05) is 6.61 Å². The summed E-state index contributed by atoms with van der Waals surface area (Å²) < 4.78 is 5.70. The van der Waals surface area contributed by atoms with Crippen molar-refractivity contribution >= 4 is 23.0 Å². The van der Waals surface area contributed by atoms with Crippen molar-refractivity contribution in [2.45, 2.75) is 31.7 Å². The normalized spacial score (nSPS) is 16.8. The second-order valence-corrected chi connectivity index (χ2v) is 6.50. The molecule has 23 heavy (non-hydrogen) atoms. The number of thiophene rings is 1. The second-order valence-electron chi connectivity index (χ2n) is 5.55. The summed E-state index contributed by atoms with van der Waals surface area (Å²) in [5.41, 5.74) is 1.02. The average molecular weight is 329 g/mol. The molecule has 1 aromatic heterocycles. The predicted molar refractivity (Wildman–Crippen MR) is 89.9 cm³/mol. The summed E-state index contributed by atoms with van der Waals surface area (Å²) in [6.45, 7) is 0.667. The second kappa shape index (κ2) is 7.42. The highest BCUT2D eigenvalue weighted by atomic mass is 32.1. The zero-order valence-corrected chi connectivity index (χ0v) is 13.6. The van der Waals surface area contributed by atoms with Gasteiger partial charge in [-0.3, -0.25) is 9.59 Å². The first-order chi connectivity index (χ1) is 11.2. The molecule has 0 unspecified atom stereocenters. The van der Waals surface area contributed by atoms with Crippen molar-refractivity contribution in [3.63, 3.8) is 0 Å². The standard InChI is InChI=1S/C18H19NO3S/c20-15(17-8-4-12-23-17)9-10-18(21)19-14-6-3-11-22-16-7-2-1-5-13(14)16/h1-2,4-5,7-8,12,14H,3,6,9-11H2,(H,19,21)/t14-/m1/s1. The summed E-state index contributed by atoms with van der Waals surface area (Å²) in [5.74, 6) is 0.779. The maximum Gasteiger partial charge on any atom is 0.220 e. The molecule has 3 rings (SSSR count). The molecule has 120 valence electrons. The number of ether oxygens (including phenoxy) is 1. The van der Waals surface area contributed by atoms with Crippen LogP contribution in [0.5, 0.6) is 5.75 Å². The minimum Gasteiger partial charge on any atom is -0.493 e. The lowest BCUT2D eigenvalue weighted by atomic mass is 10.0. The van der Waals surface area contributed by atoms with Gasteiger partial charge in [0.25, 0.3) is 0 Å². The van der Waals surface area contributed by atoms with Crippen LogP contribution in [0.2, 0.25) is 0 Å². The van der Waals surface area contributed by atoms with Gasteiger partial charge in [-0.1, -0.05) is 24.3 Å². The molecular weight excluding hydrogens is 310 g/mol. The Morgan fingerprint density at radius 1 is 1.17 bits per heavy atom. The molecule has 4 nitrogen and oxygen atoms in total. The van der Waals surface area contributed by atoms with E-state index in [1.54, 1.807) is 6.07 Å². The van der Waals surface area contributed by atoms with Crippen LogP contribution in [-0.4, -0.2) is 18.3 Å². The molecule has 0 saturated carbocycles. The predicted octanol–water partition coefficient (Wildman–Crippen LogP) is 3.74. The third-order valence-electron chi connectivity index (χ3n) is 3.90. The van der Waals surface area contributed by atoms with E-state index in [0.29, 0.717) is 11.5 Å². The topological polar surface area (TPSA) is 55.4 Å². The fourth-order valence-electron chi connectivity index (χ4n) is 2.73. The quantitative estimate of drug-likeness (QED) is 0.850. The van der Waals surface area contributed by atoms with Crippen LogP contribution in [0.25, 0.3) is 0 Å². The SMILES string of the molecule is O=C(CCC(=O)c1cccs1)N[C@@H]1CCCOc2ccccc21. The fourth-order valence-corrected chi connectivity index (χ4v) is 3.42. The molecule has 0 radical (unpaired) electrons. The van der Waals surface area contributed by atoms with Crippen LogP contribution in [0.3, 0.4) is 0 Å². The minimum absolute atomic E-state index is 0.0275. The lowest BCUT2D eigenvalue weighted by Crippen LogP contribution is -2.28. The highest BCUT2D eigenvalue weighted by molar-refractivity contribution is 7.12. The zero-order chi connectivity index (χ0) is 16.1. The van der Waals surface area contributed by atoms with Gasteiger partial charge in [0.1, 0.15) is 5.75 Å². The molecule has 1 aromatic carbocycles. The first kappa shape index (κ1) is 15.7. The summed E-state index contributed by atoms with van der Waals surface area (Å²) in [6, 6.07) is 11.4. The van der Waals surface area contributed by atoms with Gasteiger partial charge < -0.3 is 10.1 Å². The van der Waals surface area contributed by atoms with Crippen LogP contribution >= 0.6 is 11.3 Å². The molecule has 0 saturated heterocycles. The first-order valence-corrected chi connectivity index (χ1v) is 8.70. The Bertz CT molecular complexity index is 681. The van der Waals surface area contributed by atoms with Crippen LogP contribution in [0.1, 0.15) is 47.0 Å². The smallest absolute Gasteiger partial charge is 0.220 e. The Kier molecular flexibility index (Phi) is 5.08. The Balaban J connectivity index is 1.58. The lowest BCUT2D eigenvalue weighted by molar-refractivity contribution is -0.121. The number of fused-ring (bicyclic) bond motifs is 1. The first-order valence-electron chi connectivity index (χ1n) is 7.82. The van der Waals surface area contributed by atoms with Crippen LogP contribution in [0.4, 0.5) is 0 Å². The third kappa shape index (κ3) is 3.99. The Morgan fingerprint density at radius 2 is 2.04 bits per heavy atom. The summed E-state index contributed by atoms with van der Waals surface area (Å²) in [4.78, 5) is 24.9. The molecule has 0 bridgehead atoms. The molecule has 1 atom stereocenters. The zero-order valence-electron chi connectivity index (χ0n) is 12.8. The maximum atomic E-state index is 12.2. The number of hydrogen-bond acceptors (Lipinski definition) is 4. The minimum atomic E-state index is -0.0865. The number of Topliss-reactive ketones (excluding diaryl/α,β-unsaturated/α-hetero) is 1. The number of hydrogen-bond donors (Lipinski definition) is 1. The number of amides is 1. The van der Waals surface area contributed by atoms with E-state index >= 15 is 0 Å². The van der Waals surface area contributed by atoms with Crippen molar-refractivity contribution in [1.29, 1.82) is 0 Å². The number of benzene rings is 1. The number of rotatable bonds is 5. The van der Waals surface area contributed by atoms with E-state index in [4.69, 9.17) is 4.74 Å². The molecule has 2 heterocycles. The molecule has 1 amide bonds. The summed E-state index contributed by atoms with van der Waals surface area (Å²) in [7, 11) is 0. The van der Waals surface area contributed by atoms with E-state index in [1.807, 2.05) is 35.7 Å². The maximum absolute atomic E-state index is 12.2. The molecule has 0 aliphatic carbocycles. The highest BCUT2D eigenvalue weighted by Gasteiger charge is 2.21. The van der Waals surface area contributed by atoms with E-state index in [-0.39, 0.29) is 30.6 Å². The lowest BCUT2D eigenvalue weighted by Gasteiger charge is -2.18. The van der Waals surface area contributed by atoms with E-state index in [2.05, 4.69) is 5.32 Å². The summed E-state index contributed by atoms with van der Waals surface area (Å²) in [6.07, 6.45) is 2.21. The summed E-state index contributed by atoms with van der Waals surface area (Å²) in [5, 5.41) is 4.92. The van der Waals surface area contributed by atoms with Gasteiger partial charge in [-0.05, 0) is 30.4 Å². The van der Waals surface area contributed by atoms with E-state index < -0.39 is 0 Å². The number of carbonyl (C=O) groups is 2. The monoisotopic (exact) mass is 329 g/mol. The van der Waals surface area contributed by atoms with Gasteiger partial charge in [-0.25, -0.2) is 0 Å². The van der Waals surface area contributed by atoms with E-state index in [9.17, 15) is 9.59 Å². The van der Waals surface area contributed by atoms with Gasteiger partial charge >= 0.3 is 0 Å². The Hall–Kier alpha value is -2.14. The van der Waals surface area contributed by atoms with Crippen molar-refractivity contribution in [3.05, 3.63) is 52.2 Å². The van der Waals surface area contributed by atoms with Crippen molar-refractivity contribution < 1.29 is 14.3 Å². The molecular formula is C18H19NO3S. The summed E-state index contributed by atoms with van der Waals surface area (Å²) >= 11 is 1.41. The molecule has 0 fully saturated rings. The van der Waals surface area contributed by atoms with Crippen molar-refractivity contribution in [3.8, 4) is 5.75 Å². The van der Waals surface area contributed by atoms with Gasteiger partial charge in [-0.15, -0.1) is 11.3 Å². The molecule has 5 heteroatoms. The van der Waals surface area contributed by atoms with Crippen LogP contribution in [-0.2, 0) is 4.79 Å². The van der Waals surface area contributed by atoms with Crippen LogP contribution in [0.15, 0.2) is 41.8 Å². The average Bonchev–Trinajstić information content (AvgIpc) is 3.03. The highest BCUT2D eigenvalue weighted by Crippen LogP contribution is 2.31. The van der Waals surface area contributed by atoms with Crippen molar-refractivity contribution in [2.24, 2.45) is 0 Å². The number of para-hydroxylation sites is 1. The van der Waals surface area contributed by atoms with Crippen LogP contribution < -0.4 is 10.1 Å². The van der Waals surface area contributed by atoms with E-state index in [0.717, 1.165) is 24.2 Å². The number of carbonyl (C=O) groups excluding carboxylic acids is 2. The fraction of sp³-hybridized carbons (Fsp3) is 0.333. The molecule has 1 aliphatic rings. The van der Waals surface area contributed by atoms with Gasteiger partial charge in [0.05, 0.1) is 17.5 Å². The molecule has 1 aliphatic heterocycles. The molecule has 2 aromatic rings. The van der Waals surface area contributed by atoms with Crippen molar-refractivity contribution in [1.82, 2.24) is 5.32 Å². The number of nitrogens with one attached hydrogen (secondary N) is 1. The van der Waals surface area contributed by atoms with Gasteiger partial charge in [0, 0.05) is 18.4 Å². The Labute approximate surface area is 139 Å².